The molecule has 0 spiro atoms. The summed E-state index contributed by atoms with van der Waals surface area (Å²) < 4.78 is 10.7. The molecule has 0 bridgehead atoms. The number of ether oxygens (including phenoxy) is 2. The molecule has 0 saturated carbocycles. The van der Waals surface area contributed by atoms with Gasteiger partial charge in [-0.3, -0.25) is 4.79 Å². The molecule has 1 amide bonds. The maximum Gasteiger partial charge on any atom is 0.259 e. The second-order valence-corrected chi connectivity index (χ2v) is 9.42. The first-order valence-corrected chi connectivity index (χ1v) is 11.7. The summed E-state index contributed by atoms with van der Waals surface area (Å²) in [5.41, 5.74) is 3.85. The summed E-state index contributed by atoms with van der Waals surface area (Å²) in [6.07, 6.45) is 4.30. The minimum absolute atomic E-state index is 0.105. The van der Waals surface area contributed by atoms with Gasteiger partial charge in [-0.2, -0.15) is 0 Å². The lowest BCUT2D eigenvalue weighted by Crippen LogP contribution is -2.17. The molecule has 2 heterocycles. The first kappa shape index (κ1) is 20.8. The number of anilines is 2. The molecule has 0 atom stereocenters. The topological polar surface area (TPSA) is 59.6 Å². The predicted octanol–water partition coefficient (Wildman–Crippen LogP) is 5.88. The predicted molar refractivity (Wildman–Crippen MR) is 125 cm³/mol. The first-order chi connectivity index (χ1) is 14.6. The van der Waals surface area contributed by atoms with E-state index in [0.717, 1.165) is 36.4 Å². The zero-order valence-electron chi connectivity index (χ0n) is 17.5. The Morgan fingerprint density at radius 1 is 1.13 bits per heavy atom. The van der Waals surface area contributed by atoms with Crippen LogP contribution in [0.4, 0.5) is 10.7 Å². The molecular weight excluding hydrogens is 416 g/mol. The van der Waals surface area contributed by atoms with Crippen molar-refractivity contribution in [3.05, 3.63) is 56.1 Å². The zero-order valence-corrected chi connectivity index (χ0v) is 19.1. The van der Waals surface area contributed by atoms with Crippen molar-refractivity contribution in [2.24, 2.45) is 0 Å². The van der Waals surface area contributed by atoms with E-state index in [2.05, 4.69) is 29.0 Å². The standard InChI is InChI=1S/C23H26N2O3S2/c1-14-10-11-29-20(14)13-24-23-21(16-6-4-5-7-19(16)30-23)22(26)25-17-12-15(27-2)8-9-18(17)28-3/h8-12,24H,4-7,13H2,1-3H3,(H,25,26). The van der Waals surface area contributed by atoms with Gasteiger partial charge in [0.25, 0.3) is 5.91 Å². The van der Waals surface area contributed by atoms with Gasteiger partial charge in [0, 0.05) is 15.8 Å². The lowest BCUT2D eigenvalue weighted by molar-refractivity contribution is 0.102. The number of benzene rings is 1. The van der Waals surface area contributed by atoms with E-state index < -0.39 is 0 Å². The molecule has 4 rings (SSSR count). The molecule has 158 valence electrons. The maximum atomic E-state index is 13.4. The van der Waals surface area contributed by atoms with Gasteiger partial charge in [-0.05, 0) is 67.3 Å². The van der Waals surface area contributed by atoms with Crippen LogP contribution >= 0.6 is 22.7 Å². The van der Waals surface area contributed by atoms with Gasteiger partial charge in [0.05, 0.1) is 32.0 Å². The van der Waals surface area contributed by atoms with E-state index in [4.69, 9.17) is 9.47 Å². The molecule has 0 unspecified atom stereocenters. The Labute approximate surface area is 185 Å². The number of amides is 1. The van der Waals surface area contributed by atoms with Crippen LogP contribution in [0.2, 0.25) is 0 Å². The second-order valence-electron chi connectivity index (χ2n) is 7.32. The minimum atomic E-state index is -0.105. The van der Waals surface area contributed by atoms with E-state index in [1.54, 1.807) is 49.0 Å². The smallest absolute Gasteiger partial charge is 0.259 e. The number of thiophene rings is 2. The molecule has 2 N–H and O–H groups in total. The summed E-state index contributed by atoms with van der Waals surface area (Å²) in [5, 5.41) is 9.66. The molecule has 7 heteroatoms. The number of fused-ring (bicyclic) bond motifs is 1. The Morgan fingerprint density at radius 2 is 1.97 bits per heavy atom. The van der Waals surface area contributed by atoms with Crippen molar-refractivity contribution in [1.82, 2.24) is 0 Å². The third kappa shape index (κ3) is 4.18. The summed E-state index contributed by atoms with van der Waals surface area (Å²) in [7, 11) is 3.21. The first-order valence-electron chi connectivity index (χ1n) is 10.1. The van der Waals surface area contributed by atoms with E-state index in [1.807, 2.05) is 6.07 Å². The van der Waals surface area contributed by atoms with Gasteiger partial charge in [0.1, 0.15) is 16.5 Å². The van der Waals surface area contributed by atoms with E-state index in [1.165, 1.54) is 27.3 Å². The number of nitrogens with one attached hydrogen (secondary N) is 2. The van der Waals surface area contributed by atoms with Crippen molar-refractivity contribution < 1.29 is 14.3 Å². The van der Waals surface area contributed by atoms with E-state index in [0.29, 0.717) is 17.2 Å². The van der Waals surface area contributed by atoms with Crippen LogP contribution in [0.3, 0.4) is 0 Å². The fraction of sp³-hybridized carbons (Fsp3) is 0.348. The Morgan fingerprint density at radius 3 is 2.70 bits per heavy atom. The molecule has 2 aromatic heterocycles. The average Bonchev–Trinajstić information content (AvgIpc) is 3.34. The highest BCUT2D eigenvalue weighted by atomic mass is 32.1. The number of hydrogen-bond donors (Lipinski definition) is 2. The second kappa shape index (κ2) is 9.10. The van der Waals surface area contributed by atoms with Crippen LogP contribution in [0.5, 0.6) is 11.5 Å². The lowest BCUT2D eigenvalue weighted by Gasteiger charge is -2.15. The molecule has 0 fully saturated rings. The monoisotopic (exact) mass is 442 g/mol. The lowest BCUT2D eigenvalue weighted by atomic mass is 9.95. The quantitative estimate of drug-likeness (QED) is 0.480. The highest BCUT2D eigenvalue weighted by Gasteiger charge is 2.26. The van der Waals surface area contributed by atoms with Gasteiger partial charge in [-0.25, -0.2) is 0 Å². The van der Waals surface area contributed by atoms with Crippen LogP contribution in [-0.4, -0.2) is 20.1 Å². The van der Waals surface area contributed by atoms with Crippen LogP contribution in [0, 0.1) is 6.92 Å². The molecule has 0 saturated heterocycles. The van der Waals surface area contributed by atoms with Gasteiger partial charge >= 0.3 is 0 Å². The maximum absolute atomic E-state index is 13.4. The van der Waals surface area contributed by atoms with Crippen LogP contribution < -0.4 is 20.1 Å². The van der Waals surface area contributed by atoms with E-state index >= 15 is 0 Å². The summed E-state index contributed by atoms with van der Waals surface area (Å²) in [4.78, 5) is 16.0. The number of rotatable bonds is 7. The van der Waals surface area contributed by atoms with Crippen molar-refractivity contribution >= 4 is 39.3 Å². The molecule has 1 aliphatic carbocycles. The van der Waals surface area contributed by atoms with Crippen molar-refractivity contribution in [2.75, 3.05) is 24.9 Å². The molecular formula is C23H26N2O3S2. The Balaban J connectivity index is 1.64. The SMILES string of the molecule is COc1ccc(OC)c(NC(=O)c2c(NCc3sccc3C)sc3c2CCCC3)c1. The van der Waals surface area contributed by atoms with Crippen molar-refractivity contribution in [2.45, 2.75) is 39.2 Å². The number of carbonyl (C=O) groups excluding carboxylic acids is 1. The number of carbonyl (C=O) groups is 1. The molecule has 0 radical (unpaired) electrons. The Kier molecular flexibility index (Phi) is 6.29. The molecule has 0 aliphatic heterocycles. The molecule has 1 aromatic carbocycles. The van der Waals surface area contributed by atoms with Crippen molar-refractivity contribution in [1.29, 1.82) is 0 Å². The van der Waals surface area contributed by atoms with E-state index in [-0.39, 0.29) is 5.91 Å². The Hall–Kier alpha value is -2.51. The fourth-order valence-corrected chi connectivity index (χ4v) is 5.90. The third-order valence-electron chi connectivity index (χ3n) is 5.43. The highest BCUT2D eigenvalue weighted by molar-refractivity contribution is 7.16. The van der Waals surface area contributed by atoms with Crippen LogP contribution in [-0.2, 0) is 19.4 Å². The van der Waals surface area contributed by atoms with Gasteiger partial charge < -0.3 is 20.1 Å². The van der Waals surface area contributed by atoms with Gasteiger partial charge in [-0.15, -0.1) is 22.7 Å². The number of aryl methyl sites for hydroxylation is 2. The summed E-state index contributed by atoms with van der Waals surface area (Å²) in [6.45, 7) is 2.85. The van der Waals surface area contributed by atoms with Gasteiger partial charge in [-0.1, -0.05) is 0 Å². The normalized spacial score (nSPS) is 12.9. The number of hydrogen-bond acceptors (Lipinski definition) is 6. The summed E-state index contributed by atoms with van der Waals surface area (Å²) >= 11 is 3.46. The molecule has 3 aromatic rings. The van der Waals surface area contributed by atoms with Crippen molar-refractivity contribution in [3.8, 4) is 11.5 Å². The minimum Gasteiger partial charge on any atom is -0.497 e. The largest absolute Gasteiger partial charge is 0.497 e. The number of methoxy groups -OCH3 is 2. The fourth-order valence-electron chi connectivity index (χ4n) is 3.77. The zero-order chi connectivity index (χ0) is 21.1. The van der Waals surface area contributed by atoms with Crippen LogP contribution in [0.1, 0.15) is 44.1 Å². The van der Waals surface area contributed by atoms with Crippen LogP contribution in [0.25, 0.3) is 0 Å². The van der Waals surface area contributed by atoms with Crippen LogP contribution in [0.15, 0.2) is 29.6 Å². The summed E-state index contributed by atoms with van der Waals surface area (Å²) in [6, 6.07) is 7.54. The molecule has 30 heavy (non-hydrogen) atoms. The van der Waals surface area contributed by atoms with E-state index in [9.17, 15) is 4.79 Å². The average molecular weight is 443 g/mol. The highest BCUT2D eigenvalue weighted by Crippen LogP contribution is 2.39. The van der Waals surface area contributed by atoms with Crippen molar-refractivity contribution in [3.63, 3.8) is 0 Å². The molecule has 1 aliphatic rings. The third-order valence-corrected chi connectivity index (χ3v) is 7.70. The summed E-state index contributed by atoms with van der Waals surface area (Å²) in [5.74, 6) is 1.17. The van der Waals surface area contributed by atoms with Gasteiger partial charge in [0.15, 0.2) is 0 Å². The van der Waals surface area contributed by atoms with Gasteiger partial charge in [0.2, 0.25) is 0 Å². The molecule has 5 nitrogen and oxygen atoms in total. The Bertz CT molecular complexity index is 1050.